The second-order valence-corrected chi connectivity index (χ2v) is 7.01. The molecule has 6 nitrogen and oxygen atoms in total. The number of anilines is 1. The number of hydrogen-bond donors (Lipinski definition) is 2. The number of fused-ring (bicyclic) bond motifs is 1. The van der Waals surface area contributed by atoms with Gasteiger partial charge in [0.2, 0.25) is 5.91 Å². The van der Waals surface area contributed by atoms with Crippen molar-refractivity contribution in [3.05, 3.63) is 53.1 Å². The number of para-hydroxylation sites is 2. The first-order chi connectivity index (χ1) is 12.5. The summed E-state index contributed by atoms with van der Waals surface area (Å²) in [6.07, 6.45) is 0.533. The van der Waals surface area contributed by atoms with Crippen molar-refractivity contribution in [2.75, 3.05) is 5.32 Å². The van der Waals surface area contributed by atoms with Crippen LogP contribution in [0, 0.1) is 0 Å². The fourth-order valence-corrected chi connectivity index (χ4v) is 3.34. The molecule has 134 valence electrons. The third kappa shape index (κ3) is 4.00. The third-order valence-electron chi connectivity index (χ3n) is 3.65. The average Bonchev–Trinajstić information content (AvgIpc) is 3.03. The lowest BCUT2D eigenvalue weighted by molar-refractivity contribution is -0.115. The van der Waals surface area contributed by atoms with Crippen molar-refractivity contribution in [1.29, 1.82) is 0 Å². The summed E-state index contributed by atoms with van der Waals surface area (Å²) in [5, 5.41) is 12.0. The van der Waals surface area contributed by atoms with Crippen LogP contribution in [0.25, 0.3) is 11.1 Å². The van der Waals surface area contributed by atoms with E-state index in [2.05, 4.69) is 10.3 Å². The number of carboxylic acid groups (broad SMARTS) is 1. The highest BCUT2D eigenvalue weighted by Gasteiger charge is 2.22. The molecule has 0 radical (unpaired) electrons. The van der Waals surface area contributed by atoms with Gasteiger partial charge in [-0.3, -0.25) is 4.79 Å². The zero-order valence-corrected chi connectivity index (χ0v) is 15.3. The molecule has 0 bridgehead atoms. The topological polar surface area (TPSA) is 92.4 Å². The van der Waals surface area contributed by atoms with Gasteiger partial charge in [0, 0.05) is 0 Å². The van der Waals surface area contributed by atoms with Crippen LogP contribution >= 0.6 is 23.4 Å². The monoisotopic (exact) mass is 390 g/mol. The van der Waals surface area contributed by atoms with E-state index >= 15 is 0 Å². The molecule has 1 atom stereocenters. The smallest absolute Gasteiger partial charge is 0.335 e. The number of carbonyl (C=O) groups excluding carboxylic acids is 1. The van der Waals surface area contributed by atoms with Crippen molar-refractivity contribution >= 4 is 52.0 Å². The summed E-state index contributed by atoms with van der Waals surface area (Å²) in [4.78, 5) is 28.0. The second kappa shape index (κ2) is 7.80. The SMILES string of the molecule is CCC(Sc1nc2ccccc2o1)C(=O)Nc1cc(C(=O)O)ccc1Cl. The molecule has 0 fully saturated rings. The molecule has 3 rings (SSSR count). The van der Waals surface area contributed by atoms with Gasteiger partial charge in [-0.1, -0.05) is 42.4 Å². The molecule has 1 aromatic heterocycles. The Balaban J connectivity index is 1.76. The summed E-state index contributed by atoms with van der Waals surface area (Å²) in [6.45, 7) is 1.87. The third-order valence-corrected chi connectivity index (χ3v) is 5.19. The number of halogens is 1. The normalized spacial score (nSPS) is 12.1. The summed E-state index contributed by atoms with van der Waals surface area (Å²) in [5.41, 5.74) is 1.68. The molecule has 0 aliphatic heterocycles. The van der Waals surface area contributed by atoms with E-state index in [1.54, 1.807) is 0 Å². The van der Waals surface area contributed by atoms with Gasteiger partial charge in [-0.25, -0.2) is 9.78 Å². The van der Waals surface area contributed by atoms with Crippen molar-refractivity contribution in [2.45, 2.75) is 23.8 Å². The molecule has 8 heteroatoms. The molecule has 0 aliphatic carbocycles. The maximum Gasteiger partial charge on any atom is 0.335 e. The van der Waals surface area contributed by atoms with Crippen LogP contribution in [0.2, 0.25) is 5.02 Å². The number of benzene rings is 2. The van der Waals surface area contributed by atoms with Crippen molar-refractivity contribution in [2.24, 2.45) is 0 Å². The predicted molar refractivity (Wildman–Crippen MR) is 101 cm³/mol. The number of rotatable bonds is 6. The molecule has 0 spiro atoms. The van der Waals surface area contributed by atoms with E-state index in [9.17, 15) is 9.59 Å². The summed E-state index contributed by atoms with van der Waals surface area (Å²) < 4.78 is 5.64. The maximum atomic E-state index is 12.6. The van der Waals surface area contributed by atoms with E-state index in [-0.39, 0.29) is 22.2 Å². The van der Waals surface area contributed by atoms with Crippen LogP contribution in [0.5, 0.6) is 0 Å². The number of nitrogens with zero attached hydrogens (tertiary/aromatic N) is 1. The van der Waals surface area contributed by atoms with Gasteiger partial charge in [-0.2, -0.15) is 0 Å². The van der Waals surface area contributed by atoms with E-state index in [4.69, 9.17) is 21.1 Å². The van der Waals surface area contributed by atoms with E-state index in [1.165, 1.54) is 30.0 Å². The van der Waals surface area contributed by atoms with Crippen molar-refractivity contribution in [3.8, 4) is 0 Å². The highest BCUT2D eigenvalue weighted by Crippen LogP contribution is 2.30. The standard InChI is InChI=1S/C18H15ClN2O4S/c1-2-15(26-18-21-12-5-3-4-6-14(12)25-18)16(22)20-13-9-10(17(23)24)7-8-11(13)19/h3-9,15H,2H2,1H3,(H,20,22)(H,23,24). The number of aromatic nitrogens is 1. The summed E-state index contributed by atoms with van der Waals surface area (Å²) in [5.74, 6) is -1.39. The Hall–Kier alpha value is -2.51. The van der Waals surface area contributed by atoms with Crippen molar-refractivity contribution in [1.82, 2.24) is 4.98 Å². The maximum absolute atomic E-state index is 12.6. The summed E-state index contributed by atoms with van der Waals surface area (Å²) >= 11 is 7.27. The Morgan fingerprint density at radius 2 is 2.08 bits per heavy atom. The van der Waals surface area contributed by atoms with Gasteiger partial charge in [0.1, 0.15) is 5.52 Å². The Morgan fingerprint density at radius 3 is 2.77 bits per heavy atom. The van der Waals surface area contributed by atoms with Gasteiger partial charge in [0.15, 0.2) is 5.58 Å². The number of carboxylic acids is 1. The first-order valence-corrected chi connectivity index (χ1v) is 9.09. The number of amides is 1. The number of oxazole rings is 1. The Morgan fingerprint density at radius 1 is 1.31 bits per heavy atom. The van der Waals surface area contributed by atoms with E-state index in [0.717, 1.165) is 5.52 Å². The molecule has 0 saturated carbocycles. The highest BCUT2D eigenvalue weighted by atomic mass is 35.5. The lowest BCUT2D eigenvalue weighted by atomic mass is 10.2. The molecule has 1 unspecified atom stereocenters. The van der Waals surface area contributed by atoms with Crippen molar-refractivity contribution < 1.29 is 19.1 Å². The van der Waals surface area contributed by atoms with Gasteiger partial charge in [0.25, 0.3) is 5.22 Å². The van der Waals surface area contributed by atoms with Crippen LogP contribution in [0.1, 0.15) is 23.7 Å². The first kappa shape index (κ1) is 18.3. The lowest BCUT2D eigenvalue weighted by Crippen LogP contribution is -2.24. The molecule has 0 saturated heterocycles. The zero-order chi connectivity index (χ0) is 18.7. The minimum Gasteiger partial charge on any atom is -0.478 e. The highest BCUT2D eigenvalue weighted by molar-refractivity contribution is 8.00. The number of thioether (sulfide) groups is 1. The minimum atomic E-state index is -1.09. The van der Waals surface area contributed by atoms with Crippen LogP contribution in [0.4, 0.5) is 5.69 Å². The van der Waals surface area contributed by atoms with Crippen LogP contribution < -0.4 is 5.32 Å². The Bertz CT molecular complexity index is 940. The summed E-state index contributed by atoms with van der Waals surface area (Å²) in [6, 6.07) is 11.5. The van der Waals surface area contributed by atoms with Gasteiger partial charge >= 0.3 is 5.97 Å². The van der Waals surface area contributed by atoms with Crippen LogP contribution in [0.15, 0.2) is 52.1 Å². The van der Waals surface area contributed by atoms with E-state index in [1.807, 2.05) is 31.2 Å². The largest absolute Gasteiger partial charge is 0.478 e. The Labute approximate surface area is 158 Å². The molecule has 26 heavy (non-hydrogen) atoms. The first-order valence-electron chi connectivity index (χ1n) is 7.84. The predicted octanol–water partition coefficient (Wildman–Crippen LogP) is 4.69. The quantitative estimate of drug-likeness (QED) is 0.593. The van der Waals surface area contributed by atoms with Crippen LogP contribution in [-0.2, 0) is 4.79 Å². The second-order valence-electron chi connectivity index (χ2n) is 5.45. The number of nitrogens with one attached hydrogen (secondary N) is 1. The molecular weight excluding hydrogens is 376 g/mol. The van der Waals surface area contributed by atoms with Gasteiger partial charge in [-0.15, -0.1) is 0 Å². The molecule has 2 aromatic carbocycles. The minimum absolute atomic E-state index is 0.0457. The average molecular weight is 391 g/mol. The molecular formula is C18H15ClN2O4S. The number of carbonyl (C=O) groups is 2. The molecule has 1 amide bonds. The fourth-order valence-electron chi connectivity index (χ4n) is 2.31. The number of aromatic carboxylic acids is 1. The molecule has 3 aromatic rings. The summed E-state index contributed by atoms with van der Waals surface area (Å²) in [7, 11) is 0. The van der Waals surface area contributed by atoms with Gasteiger partial charge < -0.3 is 14.8 Å². The van der Waals surface area contributed by atoms with Gasteiger partial charge in [0.05, 0.1) is 21.5 Å². The zero-order valence-electron chi connectivity index (χ0n) is 13.7. The molecule has 1 heterocycles. The number of hydrogen-bond acceptors (Lipinski definition) is 5. The fraction of sp³-hybridized carbons (Fsp3) is 0.167. The lowest BCUT2D eigenvalue weighted by Gasteiger charge is -2.14. The van der Waals surface area contributed by atoms with Crippen LogP contribution in [0.3, 0.4) is 0 Å². The van der Waals surface area contributed by atoms with Crippen LogP contribution in [-0.4, -0.2) is 27.2 Å². The van der Waals surface area contributed by atoms with Gasteiger partial charge in [-0.05, 0) is 36.8 Å². The molecule has 2 N–H and O–H groups in total. The van der Waals surface area contributed by atoms with E-state index < -0.39 is 11.2 Å². The van der Waals surface area contributed by atoms with Crippen molar-refractivity contribution in [3.63, 3.8) is 0 Å². The van der Waals surface area contributed by atoms with E-state index in [0.29, 0.717) is 17.2 Å². The Kier molecular flexibility index (Phi) is 5.49. The molecule has 0 aliphatic rings.